The summed E-state index contributed by atoms with van der Waals surface area (Å²) in [6.45, 7) is 14.1. The number of H-pyrrole nitrogens is 2. The molecule has 8 bridgehead atoms. The summed E-state index contributed by atoms with van der Waals surface area (Å²) in [5.41, 5.74) is 8.38. The van der Waals surface area contributed by atoms with Gasteiger partial charge in [-0.05, 0) is 68.9 Å². The second-order valence-corrected chi connectivity index (χ2v) is 12.9. The molecule has 3 unspecified atom stereocenters. The van der Waals surface area contributed by atoms with E-state index in [1.807, 2.05) is 26.0 Å². The van der Waals surface area contributed by atoms with Crippen molar-refractivity contribution < 1.29 is 29.7 Å². The van der Waals surface area contributed by atoms with Gasteiger partial charge in [-0.2, -0.15) is 0 Å². The molecule has 46 heavy (non-hydrogen) atoms. The summed E-state index contributed by atoms with van der Waals surface area (Å²) in [7, 11) is 0. The number of aromatic amines is 2. The van der Waals surface area contributed by atoms with Gasteiger partial charge in [0.2, 0.25) is 0 Å². The summed E-state index contributed by atoms with van der Waals surface area (Å²) in [6.07, 6.45) is 7.05. The lowest BCUT2D eigenvalue weighted by Crippen LogP contribution is -2.20. The first-order valence-electron chi connectivity index (χ1n) is 15.9. The van der Waals surface area contributed by atoms with Crippen LogP contribution in [0.4, 0.5) is 0 Å². The van der Waals surface area contributed by atoms with Crippen LogP contribution in [0.3, 0.4) is 0 Å². The normalized spacial score (nSPS) is 27.6. The van der Waals surface area contributed by atoms with Gasteiger partial charge in [-0.1, -0.05) is 32.1 Å². The maximum Gasteiger partial charge on any atom is 0.338 e. The Morgan fingerprint density at radius 1 is 1.00 bits per heavy atom. The number of allylic oxidation sites excluding steroid dienone is 2. The number of nitrogens with one attached hydrogen (secondary N) is 2. The van der Waals surface area contributed by atoms with Gasteiger partial charge in [-0.3, -0.25) is 19.6 Å². The number of aliphatic imine (C=N–C) groups is 2. The Morgan fingerprint density at radius 2 is 1.74 bits per heavy atom. The number of carboxylic acids is 3. The Kier molecular flexibility index (Phi) is 7.86. The summed E-state index contributed by atoms with van der Waals surface area (Å²) >= 11 is 0. The molecule has 5 N–H and O–H groups in total. The number of carbonyl (C=O) groups is 3. The number of aromatic nitrogens is 2. The van der Waals surface area contributed by atoms with Crippen molar-refractivity contribution in [3.05, 3.63) is 67.8 Å². The number of nitrogens with zero attached hydrogens (tertiary/aromatic N) is 2. The summed E-state index contributed by atoms with van der Waals surface area (Å²) in [5, 5.41) is 31.7. The van der Waals surface area contributed by atoms with E-state index in [2.05, 4.69) is 36.5 Å². The zero-order valence-electron chi connectivity index (χ0n) is 26.8. The Bertz CT molecular complexity index is 1970. The second-order valence-electron chi connectivity index (χ2n) is 12.9. The number of carboxylic acid groups (broad SMARTS) is 3. The maximum absolute atomic E-state index is 12.9. The highest BCUT2D eigenvalue weighted by Gasteiger charge is 2.56. The van der Waals surface area contributed by atoms with E-state index >= 15 is 0 Å². The van der Waals surface area contributed by atoms with Gasteiger partial charge in [0, 0.05) is 63.3 Å². The van der Waals surface area contributed by atoms with Crippen LogP contribution in [0, 0.1) is 31.6 Å². The molecule has 0 aromatic carbocycles. The first-order chi connectivity index (χ1) is 21.9. The van der Waals surface area contributed by atoms with Crippen LogP contribution >= 0.6 is 0 Å². The molecule has 1 saturated carbocycles. The molecule has 10 heteroatoms. The minimum atomic E-state index is -1.14. The third kappa shape index (κ3) is 5.00. The van der Waals surface area contributed by atoms with Crippen LogP contribution in [-0.4, -0.2) is 60.7 Å². The minimum absolute atomic E-state index is 0.0347. The summed E-state index contributed by atoms with van der Waals surface area (Å²) in [4.78, 5) is 53.9. The molecule has 5 atom stereocenters. The van der Waals surface area contributed by atoms with Gasteiger partial charge < -0.3 is 25.3 Å². The van der Waals surface area contributed by atoms with Crippen molar-refractivity contribution in [2.24, 2.45) is 27.7 Å². The van der Waals surface area contributed by atoms with Gasteiger partial charge in [0.05, 0.1) is 35.1 Å². The summed E-state index contributed by atoms with van der Waals surface area (Å²) < 4.78 is 0. The van der Waals surface area contributed by atoms with Gasteiger partial charge >= 0.3 is 17.9 Å². The SMILES string of the molecule is C=Cc1c(C)/c2[nH]/c1=C\C1=NC3C(C(CC)=C1C)C3c1[nH]c(c(C(=O)O)c1C)/C(CC(=O)O)=C1N=C(/C=2)[C@@H](C)[C@@H]\1CCCC(=O)O. The Labute approximate surface area is 266 Å². The number of fused-ring (bicyclic) bond motifs is 7. The number of hydrogen-bond donors (Lipinski definition) is 5. The van der Waals surface area contributed by atoms with Crippen molar-refractivity contribution in [2.75, 3.05) is 0 Å². The van der Waals surface area contributed by atoms with E-state index in [-0.39, 0.29) is 47.4 Å². The molecule has 240 valence electrons. The maximum atomic E-state index is 12.9. The van der Waals surface area contributed by atoms with E-state index in [1.165, 1.54) is 5.57 Å². The first kappa shape index (κ1) is 31.3. The second kappa shape index (κ2) is 11.6. The van der Waals surface area contributed by atoms with Gasteiger partial charge in [0.15, 0.2) is 0 Å². The molecule has 0 spiro atoms. The molecule has 2 aromatic rings. The van der Waals surface area contributed by atoms with Crippen molar-refractivity contribution in [1.82, 2.24) is 9.97 Å². The topological polar surface area (TPSA) is 168 Å². The van der Waals surface area contributed by atoms with Crippen molar-refractivity contribution in [3.8, 4) is 0 Å². The minimum Gasteiger partial charge on any atom is -0.481 e. The van der Waals surface area contributed by atoms with E-state index in [9.17, 15) is 29.7 Å². The predicted octanol–water partition coefficient (Wildman–Crippen LogP) is 4.99. The average molecular weight is 625 g/mol. The third-order valence-electron chi connectivity index (χ3n) is 10.4. The zero-order valence-corrected chi connectivity index (χ0v) is 26.8. The fraction of sp³-hybridized carbons (Fsp3) is 0.417. The van der Waals surface area contributed by atoms with Crippen LogP contribution in [0.1, 0.15) is 97.2 Å². The van der Waals surface area contributed by atoms with E-state index in [1.54, 1.807) is 6.92 Å². The Balaban J connectivity index is 1.70. The van der Waals surface area contributed by atoms with Crippen molar-refractivity contribution in [2.45, 2.75) is 78.7 Å². The fourth-order valence-electron chi connectivity index (χ4n) is 7.99. The molecule has 10 nitrogen and oxygen atoms in total. The van der Waals surface area contributed by atoms with Crippen molar-refractivity contribution in [3.63, 3.8) is 0 Å². The zero-order chi connectivity index (χ0) is 33.2. The molecule has 0 radical (unpaired) electrons. The van der Waals surface area contributed by atoms with Gasteiger partial charge in [0.1, 0.15) is 0 Å². The fourth-order valence-corrected chi connectivity index (χ4v) is 7.99. The quantitative estimate of drug-likeness (QED) is 0.264. The van der Waals surface area contributed by atoms with Crippen LogP contribution in [0.15, 0.2) is 33.4 Å². The van der Waals surface area contributed by atoms with Crippen LogP contribution < -0.4 is 10.7 Å². The number of hydrogen-bond acceptors (Lipinski definition) is 5. The van der Waals surface area contributed by atoms with Gasteiger partial charge in [-0.25, -0.2) is 4.79 Å². The van der Waals surface area contributed by atoms with Gasteiger partial charge in [0.25, 0.3) is 0 Å². The van der Waals surface area contributed by atoms with E-state index < -0.39 is 24.3 Å². The number of dihydropyridines is 1. The lowest BCUT2D eigenvalue weighted by Gasteiger charge is -2.19. The van der Waals surface area contributed by atoms with Crippen LogP contribution in [0.25, 0.3) is 23.8 Å². The molecular weight excluding hydrogens is 584 g/mol. The van der Waals surface area contributed by atoms with E-state index in [4.69, 9.17) is 9.98 Å². The largest absolute Gasteiger partial charge is 0.481 e. The lowest BCUT2D eigenvalue weighted by molar-refractivity contribution is -0.137. The average Bonchev–Trinajstić information content (AvgIpc) is 3.27. The van der Waals surface area contributed by atoms with Crippen LogP contribution in [-0.2, 0) is 9.59 Å². The highest BCUT2D eigenvalue weighted by molar-refractivity contribution is 6.21. The number of rotatable bonds is 9. The molecular formula is C36H40N4O6. The molecule has 1 aliphatic carbocycles. The summed E-state index contributed by atoms with van der Waals surface area (Å²) in [5.74, 6) is -3.61. The molecule has 3 aliphatic heterocycles. The Morgan fingerprint density at radius 3 is 2.37 bits per heavy atom. The highest BCUT2D eigenvalue weighted by Crippen LogP contribution is 2.59. The van der Waals surface area contributed by atoms with E-state index in [0.29, 0.717) is 35.4 Å². The predicted molar refractivity (Wildman–Crippen MR) is 177 cm³/mol. The van der Waals surface area contributed by atoms with Crippen molar-refractivity contribution >= 4 is 53.1 Å². The molecule has 5 heterocycles. The van der Waals surface area contributed by atoms with Crippen LogP contribution in [0.5, 0.6) is 0 Å². The first-order valence-corrected chi connectivity index (χ1v) is 15.9. The molecule has 1 fully saturated rings. The van der Waals surface area contributed by atoms with E-state index in [0.717, 1.165) is 45.2 Å². The smallest absolute Gasteiger partial charge is 0.338 e. The molecule has 4 aliphatic rings. The van der Waals surface area contributed by atoms with Crippen molar-refractivity contribution in [1.29, 1.82) is 0 Å². The lowest BCUT2D eigenvalue weighted by atomic mass is 9.83. The standard InChI is InChI=1S/C36H40N4O6/c1-7-19-15(3)23-13-24-17(5)21(10-9-11-27(41)42)33(38-24)22(12-28(43)44)34-29(36(45)46)18(6)32(40-34)31-30-20(8-2)16(4)25(39-35(30)31)14-26(19)37-23/h7,13-14,17,21,30-31,35,37,40H,1,8-12H2,2-6H3,(H,41,42)(H,43,44)(H,45,46)/b23-13+,26-14-,33-22-/t17-,21-,30?,31?,35?/m0/s1. The molecule has 6 rings (SSSR count). The molecule has 0 saturated heterocycles. The Hall–Kier alpha value is -4.73. The highest BCUT2D eigenvalue weighted by atomic mass is 16.4. The van der Waals surface area contributed by atoms with Gasteiger partial charge in [-0.15, -0.1) is 0 Å². The monoisotopic (exact) mass is 624 g/mol. The number of aromatic carboxylic acids is 1. The summed E-state index contributed by atoms with van der Waals surface area (Å²) in [6, 6.07) is -0.0746. The molecule has 2 aromatic heterocycles. The molecule has 0 amide bonds. The van der Waals surface area contributed by atoms with Crippen LogP contribution in [0.2, 0.25) is 0 Å². The number of aliphatic carboxylic acids is 2. The third-order valence-corrected chi connectivity index (χ3v) is 10.4.